The van der Waals surface area contributed by atoms with Crippen LogP contribution in [0.15, 0.2) is 34.7 Å². The molecule has 0 aliphatic rings. The van der Waals surface area contributed by atoms with Gasteiger partial charge in [0.2, 0.25) is 0 Å². The van der Waals surface area contributed by atoms with Gasteiger partial charge in [-0.25, -0.2) is 0 Å². The van der Waals surface area contributed by atoms with Gasteiger partial charge in [-0.2, -0.15) is 4.37 Å². The van der Waals surface area contributed by atoms with Crippen LogP contribution in [0.25, 0.3) is 0 Å². The summed E-state index contributed by atoms with van der Waals surface area (Å²) in [4.78, 5) is 40.9. The summed E-state index contributed by atoms with van der Waals surface area (Å²) in [6.07, 6.45) is 0.671. The second-order valence-electron chi connectivity index (χ2n) is 9.24. The predicted molar refractivity (Wildman–Crippen MR) is 136 cm³/mol. The first-order valence-corrected chi connectivity index (χ1v) is 12.0. The highest BCUT2D eigenvalue weighted by Gasteiger charge is 2.39. The zero-order chi connectivity index (χ0) is 26.1. The van der Waals surface area contributed by atoms with Gasteiger partial charge < -0.3 is 21.2 Å². The van der Waals surface area contributed by atoms with Crippen molar-refractivity contribution in [3.63, 3.8) is 0 Å². The number of hydrogen-bond donors (Lipinski definition) is 3. The van der Waals surface area contributed by atoms with Crippen LogP contribution in [-0.2, 0) is 4.79 Å². The highest BCUT2D eigenvalue weighted by atomic mass is 32.1. The monoisotopic (exact) mass is 497 g/mol. The number of nitrogens with one attached hydrogen (secondary N) is 1. The molecule has 5 N–H and O–H groups in total. The van der Waals surface area contributed by atoms with Crippen molar-refractivity contribution in [2.75, 3.05) is 10.6 Å². The molecule has 2 heterocycles. The Labute approximate surface area is 208 Å². The van der Waals surface area contributed by atoms with Crippen molar-refractivity contribution >= 4 is 40.6 Å². The SMILES string of the molecule is CCC(C)(C)NC(=O)[C@@H](c1ccc(C)o1)N(C(=O)c1snc(C(N)=O)c1N)c1cc(C)cc(C)c1. The van der Waals surface area contributed by atoms with Gasteiger partial charge in [0.1, 0.15) is 16.4 Å². The molecule has 0 saturated heterocycles. The summed E-state index contributed by atoms with van der Waals surface area (Å²) in [5.74, 6) is -0.972. The molecule has 0 fully saturated rings. The van der Waals surface area contributed by atoms with Crippen molar-refractivity contribution < 1.29 is 18.8 Å². The van der Waals surface area contributed by atoms with Crippen molar-refractivity contribution in [3.8, 4) is 0 Å². The van der Waals surface area contributed by atoms with E-state index in [1.165, 1.54) is 4.90 Å². The van der Waals surface area contributed by atoms with E-state index in [2.05, 4.69) is 9.69 Å². The Hall–Kier alpha value is -3.66. The first-order valence-electron chi connectivity index (χ1n) is 11.2. The number of primary amides is 1. The molecule has 35 heavy (non-hydrogen) atoms. The molecular formula is C25H31N5O4S. The lowest BCUT2D eigenvalue weighted by atomic mass is 10.00. The third-order valence-electron chi connectivity index (χ3n) is 5.74. The maximum Gasteiger partial charge on any atom is 0.273 e. The van der Waals surface area contributed by atoms with Crippen LogP contribution in [0, 0.1) is 20.8 Å². The number of aromatic nitrogens is 1. The number of benzene rings is 1. The van der Waals surface area contributed by atoms with E-state index < -0.39 is 29.3 Å². The number of amides is 3. The fraction of sp³-hybridized carbons (Fsp3) is 0.360. The summed E-state index contributed by atoms with van der Waals surface area (Å²) >= 11 is 0.762. The minimum Gasteiger partial charge on any atom is -0.464 e. The van der Waals surface area contributed by atoms with Crippen molar-refractivity contribution in [1.82, 2.24) is 9.69 Å². The Morgan fingerprint density at radius 2 is 1.77 bits per heavy atom. The van der Waals surface area contributed by atoms with E-state index in [0.29, 0.717) is 17.9 Å². The fourth-order valence-electron chi connectivity index (χ4n) is 3.68. The number of rotatable bonds is 8. The molecular weight excluding hydrogens is 466 g/mol. The van der Waals surface area contributed by atoms with Gasteiger partial charge in [0, 0.05) is 11.2 Å². The molecule has 9 nitrogen and oxygen atoms in total. The first-order chi connectivity index (χ1) is 16.3. The number of nitrogens with zero attached hydrogens (tertiary/aromatic N) is 2. The van der Waals surface area contributed by atoms with Gasteiger partial charge in [0.25, 0.3) is 17.7 Å². The Morgan fingerprint density at radius 1 is 1.14 bits per heavy atom. The van der Waals surface area contributed by atoms with E-state index in [-0.39, 0.29) is 22.0 Å². The number of anilines is 2. The molecule has 3 rings (SSSR count). The molecule has 3 amide bonds. The maximum atomic E-state index is 14.0. The number of nitrogen functional groups attached to an aromatic ring is 1. The van der Waals surface area contributed by atoms with E-state index in [0.717, 1.165) is 22.7 Å². The Kier molecular flexibility index (Phi) is 7.35. The lowest BCUT2D eigenvalue weighted by Crippen LogP contribution is -2.50. The number of hydrogen-bond acceptors (Lipinski definition) is 7. The van der Waals surface area contributed by atoms with Crippen LogP contribution >= 0.6 is 11.5 Å². The van der Waals surface area contributed by atoms with Gasteiger partial charge in [0.15, 0.2) is 11.7 Å². The third-order valence-corrected chi connectivity index (χ3v) is 6.59. The van der Waals surface area contributed by atoms with Gasteiger partial charge in [-0.3, -0.25) is 19.3 Å². The largest absolute Gasteiger partial charge is 0.464 e. The van der Waals surface area contributed by atoms with Gasteiger partial charge in [-0.1, -0.05) is 13.0 Å². The number of carbonyl (C=O) groups excluding carboxylic acids is 3. The summed E-state index contributed by atoms with van der Waals surface area (Å²) in [7, 11) is 0. The van der Waals surface area contributed by atoms with Crippen LogP contribution in [0.5, 0.6) is 0 Å². The Bertz CT molecular complexity index is 1260. The second kappa shape index (κ2) is 9.91. The molecule has 1 aromatic carbocycles. The van der Waals surface area contributed by atoms with Gasteiger partial charge in [-0.15, -0.1) is 0 Å². The number of aryl methyl sites for hydroxylation is 3. The molecule has 0 aliphatic carbocycles. The van der Waals surface area contributed by atoms with Crippen LogP contribution in [-0.4, -0.2) is 27.6 Å². The van der Waals surface area contributed by atoms with E-state index in [1.807, 2.05) is 40.7 Å². The van der Waals surface area contributed by atoms with Crippen LogP contribution in [0.2, 0.25) is 0 Å². The molecule has 0 bridgehead atoms. The normalized spacial score (nSPS) is 12.3. The van der Waals surface area contributed by atoms with Gasteiger partial charge in [-0.05, 0) is 88.0 Å². The standard InChI is InChI=1S/C25H31N5O4S/c1-7-25(5,6)28-23(32)20(17-9-8-15(4)34-17)30(16-11-13(2)10-14(3)12-16)24(33)21-18(26)19(22(27)31)29-35-21/h8-12,20H,7,26H2,1-6H3,(H2,27,31)(H,28,32)/t20-/m1/s1. The number of nitrogens with two attached hydrogens (primary N) is 2. The molecule has 0 saturated carbocycles. The fourth-order valence-corrected chi connectivity index (χ4v) is 4.42. The van der Waals surface area contributed by atoms with Crippen molar-refractivity contribution in [3.05, 3.63) is 63.6 Å². The minimum atomic E-state index is -1.15. The molecule has 0 radical (unpaired) electrons. The van der Waals surface area contributed by atoms with Gasteiger partial charge >= 0.3 is 0 Å². The lowest BCUT2D eigenvalue weighted by molar-refractivity contribution is -0.124. The predicted octanol–water partition coefficient (Wildman–Crippen LogP) is 4.04. The molecule has 3 aromatic rings. The molecule has 0 aliphatic heterocycles. The Morgan fingerprint density at radius 3 is 2.26 bits per heavy atom. The molecule has 0 spiro atoms. The third kappa shape index (κ3) is 5.54. The van der Waals surface area contributed by atoms with Crippen LogP contribution in [0.1, 0.15) is 76.0 Å². The number of carbonyl (C=O) groups is 3. The van der Waals surface area contributed by atoms with Crippen molar-refractivity contribution in [2.45, 2.75) is 59.5 Å². The molecule has 2 aromatic heterocycles. The quantitative estimate of drug-likeness (QED) is 0.428. The summed E-state index contributed by atoms with van der Waals surface area (Å²) < 4.78 is 9.84. The highest BCUT2D eigenvalue weighted by molar-refractivity contribution is 7.09. The van der Waals surface area contributed by atoms with E-state index >= 15 is 0 Å². The summed E-state index contributed by atoms with van der Waals surface area (Å²) in [6.45, 7) is 11.3. The summed E-state index contributed by atoms with van der Waals surface area (Å²) in [6, 6.07) is 7.83. The highest BCUT2D eigenvalue weighted by Crippen LogP contribution is 2.35. The zero-order valence-corrected chi connectivity index (χ0v) is 21.6. The minimum absolute atomic E-state index is 0.00814. The maximum absolute atomic E-state index is 14.0. The molecule has 1 atom stereocenters. The van der Waals surface area contributed by atoms with Crippen LogP contribution in [0.4, 0.5) is 11.4 Å². The van der Waals surface area contributed by atoms with E-state index in [4.69, 9.17) is 15.9 Å². The van der Waals surface area contributed by atoms with Crippen LogP contribution in [0.3, 0.4) is 0 Å². The second-order valence-corrected chi connectivity index (χ2v) is 10.0. The summed E-state index contributed by atoms with van der Waals surface area (Å²) in [5.41, 5.74) is 12.9. The topological polar surface area (TPSA) is 145 Å². The van der Waals surface area contributed by atoms with Crippen LogP contribution < -0.4 is 21.7 Å². The molecule has 186 valence electrons. The summed E-state index contributed by atoms with van der Waals surface area (Å²) in [5, 5.41) is 3.03. The van der Waals surface area contributed by atoms with E-state index in [9.17, 15) is 14.4 Å². The molecule has 0 unspecified atom stereocenters. The Balaban J connectivity index is 2.25. The van der Waals surface area contributed by atoms with Gasteiger partial charge in [0.05, 0.1) is 5.69 Å². The van der Waals surface area contributed by atoms with E-state index in [1.54, 1.807) is 31.2 Å². The first kappa shape index (κ1) is 26.0. The smallest absolute Gasteiger partial charge is 0.273 e. The lowest BCUT2D eigenvalue weighted by Gasteiger charge is -2.33. The van der Waals surface area contributed by atoms with Crippen molar-refractivity contribution in [1.29, 1.82) is 0 Å². The average molecular weight is 498 g/mol. The molecule has 10 heteroatoms. The number of furan rings is 1. The zero-order valence-electron chi connectivity index (χ0n) is 20.8. The average Bonchev–Trinajstić information content (AvgIpc) is 3.35. The van der Waals surface area contributed by atoms with Crippen molar-refractivity contribution in [2.24, 2.45) is 5.73 Å².